The van der Waals surface area contributed by atoms with Gasteiger partial charge in [-0.3, -0.25) is 4.90 Å². The van der Waals surface area contributed by atoms with E-state index in [0.717, 1.165) is 31.7 Å². The SMILES string of the molecule is BOc1ccc2c(n1)CN(Cc1ccccc1)CC2. The number of pyridine rings is 1. The average Bonchev–Trinajstić information content (AvgIpc) is 2.47. The van der Waals surface area contributed by atoms with Crippen molar-refractivity contribution in [2.75, 3.05) is 6.54 Å². The van der Waals surface area contributed by atoms with Crippen molar-refractivity contribution in [1.29, 1.82) is 0 Å². The minimum absolute atomic E-state index is 0.709. The van der Waals surface area contributed by atoms with Gasteiger partial charge in [0.1, 0.15) is 0 Å². The van der Waals surface area contributed by atoms with E-state index in [9.17, 15) is 0 Å². The zero-order valence-electron chi connectivity index (χ0n) is 11.2. The summed E-state index contributed by atoms with van der Waals surface area (Å²) in [5.74, 6) is 0.709. The zero-order valence-corrected chi connectivity index (χ0v) is 11.2. The van der Waals surface area contributed by atoms with Gasteiger partial charge in [-0.15, -0.1) is 0 Å². The van der Waals surface area contributed by atoms with Crippen molar-refractivity contribution < 1.29 is 4.65 Å². The zero-order chi connectivity index (χ0) is 13.1. The molecular formula is C15H17BN2O. The lowest BCUT2D eigenvalue weighted by Gasteiger charge is -2.28. The third kappa shape index (κ3) is 2.79. The molecule has 3 nitrogen and oxygen atoms in total. The number of nitrogens with zero attached hydrogens (tertiary/aromatic N) is 2. The van der Waals surface area contributed by atoms with E-state index in [1.807, 2.05) is 6.07 Å². The fraction of sp³-hybridized carbons (Fsp3) is 0.267. The van der Waals surface area contributed by atoms with Crippen molar-refractivity contribution in [3.8, 4) is 5.88 Å². The Kier molecular flexibility index (Phi) is 3.51. The molecule has 96 valence electrons. The van der Waals surface area contributed by atoms with Crippen LogP contribution in [0.3, 0.4) is 0 Å². The molecular weight excluding hydrogens is 235 g/mol. The van der Waals surface area contributed by atoms with Crippen LogP contribution in [0.4, 0.5) is 0 Å². The van der Waals surface area contributed by atoms with Crippen LogP contribution in [0.5, 0.6) is 5.88 Å². The van der Waals surface area contributed by atoms with Gasteiger partial charge < -0.3 is 4.65 Å². The smallest absolute Gasteiger partial charge is 0.324 e. The van der Waals surface area contributed by atoms with Crippen molar-refractivity contribution in [3.63, 3.8) is 0 Å². The topological polar surface area (TPSA) is 25.4 Å². The highest BCUT2D eigenvalue weighted by Crippen LogP contribution is 2.21. The lowest BCUT2D eigenvalue weighted by molar-refractivity contribution is 0.241. The van der Waals surface area contributed by atoms with Gasteiger partial charge in [-0.05, 0) is 23.6 Å². The predicted molar refractivity (Wildman–Crippen MR) is 77.7 cm³/mol. The first-order valence-corrected chi connectivity index (χ1v) is 6.64. The fourth-order valence-corrected chi connectivity index (χ4v) is 2.53. The van der Waals surface area contributed by atoms with Crippen molar-refractivity contribution in [2.24, 2.45) is 0 Å². The van der Waals surface area contributed by atoms with E-state index in [-0.39, 0.29) is 0 Å². The van der Waals surface area contributed by atoms with E-state index >= 15 is 0 Å². The fourth-order valence-electron chi connectivity index (χ4n) is 2.53. The molecule has 2 aromatic rings. The van der Waals surface area contributed by atoms with E-state index in [2.05, 4.69) is 46.3 Å². The number of hydrogen-bond acceptors (Lipinski definition) is 3. The third-order valence-electron chi connectivity index (χ3n) is 3.57. The van der Waals surface area contributed by atoms with Gasteiger partial charge in [0.25, 0.3) is 0 Å². The molecule has 2 heterocycles. The lowest BCUT2D eigenvalue weighted by atomic mass is 10.0. The number of benzene rings is 1. The molecule has 0 N–H and O–H groups in total. The molecule has 1 aliphatic rings. The molecule has 1 aromatic carbocycles. The second-order valence-electron chi connectivity index (χ2n) is 4.91. The molecule has 1 aromatic heterocycles. The van der Waals surface area contributed by atoms with Crippen LogP contribution < -0.4 is 4.65 Å². The van der Waals surface area contributed by atoms with Crippen molar-refractivity contribution >= 4 is 8.05 Å². The van der Waals surface area contributed by atoms with Gasteiger partial charge in [-0.1, -0.05) is 36.4 Å². The van der Waals surface area contributed by atoms with E-state index in [0.29, 0.717) is 5.88 Å². The standard InChI is InChI=1S/C15H17BN2O/c16-19-15-7-6-13-8-9-18(11-14(13)17-15)10-12-4-2-1-3-5-12/h1-7H,8-11,16H2. The molecule has 0 aliphatic carbocycles. The molecule has 0 unspecified atom stereocenters. The Hall–Kier alpha value is -1.81. The first kappa shape index (κ1) is 12.2. The van der Waals surface area contributed by atoms with Crippen LogP contribution in [0.15, 0.2) is 42.5 Å². The minimum atomic E-state index is 0.709. The molecule has 3 rings (SSSR count). The Balaban J connectivity index is 1.74. The van der Waals surface area contributed by atoms with Crippen molar-refractivity contribution in [2.45, 2.75) is 19.5 Å². The molecule has 0 spiro atoms. The number of rotatable bonds is 3. The Morgan fingerprint density at radius 2 is 2.00 bits per heavy atom. The van der Waals surface area contributed by atoms with Crippen LogP contribution in [0, 0.1) is 0 Å². The highest BCUT2D eigenvalue weighted by molar-refractivity contribution is 5.99. The summed E-state index contributed by atoms with van der Waals surface area (Å²) in [6.07, 6.45) is 1.07. The molecule has 0 amide bonds. The molecule has 0 saturated carbocycles. The van der Waals surface area contributed by atoms with Crippen molar-refractivity contribution in [1.82, 2.24) is 9.88 Å². The molecule has 0 saturated heterocycles. The van der Waals surface area contributed by atoms with Gasteiger partial charge in [0, 0.05) is 19.6 Å². The van der Waals surface area contributed by atoms with E-state index in [1.165, 1.54) is 11.1 Å². The maximum Gasteiger partial charge on any atom is 0.324 e. The highest BCUT2D eigenvalue weighted by atomic mass is 16.4. The van der Waals surface area contributed by atoms with Crippen molar-refractivity contribution in [3.05, 3.63) is 59.3 Å². The van der Waals surface area contributed by atoms with Crippen LogP contribution in [-0.4, -0.2) is 24.5 Å². The summed E-state index contributed by atoms with van der Waals surface area (Å²) in [7, 11) is 1.67. The van der Waals surface area contributed by atoms with Gasteiger partial charge in [0.2, 0.25) is 0 Å². The monoisotopic (exact) mass is 252 g/mol. The summed E-state index contributed by atoms with van der Waals surface area (Å²) in [4.78, 5) is 6.99. The molecule has 4 heteroatoms. The van der Waals surface area contributed by atoms with Gasteiger partial charge in [-0.2, -0.15) is 0 Å². The number of fused-ring (bicyclic) bond motifs is 1. The largest absolute Gasteiger partial charge is 0.555 e. The molecule has 0 fully saturated rings. The Morgan fingerprint density at radius 3 is 2.79 bits per heavy atom. The van der Waals surface area contributed by atoms with Crippen LogP contribution in [0.2, 0.25) is 0 Å². The summed E-state index contributed by atoms with van der Waals surface area (Å²) >= 11 is 0. The van der Waals surface area contributed by atoms with E-state index in [1.54, 1.807) is 8.05 Å². The Morgan fingerprint density at radius 1 is 1.16 bits per heavy atom. The maximum absolute atomic E-state index is 5.20. The van der Waals surface area contributed by atoms with Gasteiger partial charge in [-0.25, -0.2) is 4.98 Å². The van der Waals surface area contributed by atoms with E-state index < -0.39 is 0 Å². The average molecular weight is 252 g/mol. The number of aromatic nitrogens is 1. The molecule has 19 heavy (non-hydrogen) atoms. The van der Waals surface area contributed by atoms with Crippen LogP contribution >= 0.6 is 0 Å². The summed E-state index contributed by atoms with van der Waals surface area (Å²) < 4.78 is 5.20. The maximum atomic E-state index is 5.20. The first-order valence-electron chi connectivity index (χ1n) is 6.64. The third-order valence-corrected chi connectivity index (χ3v) is 3.57. The normalized spacial score (nSPS) is 14.9. The Labute approximate surface area is 114 Å². The summed E-state index contributed by atoms with van der Waals surface area (Å²) in [5.41, 5.74) is 3.86. The summed E-state index contributed by atoms with van der Waals surface area (Å²) in [6, 6.07) is 14.7. The van der Waals surface area contributed by atoms with Gasteiger partial charge in [0.15, 0.2) is 5.88 Å². The van der Waals surface area contributed by atoms with Gasteiger partial charge >= 0.3 is 8.05 Å². The van der Waals surface area contributed by atoms with Crippen LogP contribution in [0.25, 0.3) is 0 Å². The quantitative estimate of drug-likeness (QED) is 0.775. The molecule has 0 bridgehead atoms. The summed E-state index contributed by atoms with van der Waals surface area (Å²) in [5, 5.41) is 0. The summed E-state index contributed by atoms with van der Waals surface area (Å²) in [6.45, 7) is 2.98. The Bertz CT molecular complexity index is 559. The number of hydrogen-bond donors (Lipinski definition) is 0. The van der Waals surface area contributed by atoms with Crippen LogP contribution in [-0.2, 0) is 19.5 Å². The highest BCUT2D eigenvalue weighted by Gasteiger charge is 2.17. The second kappa shape index (κ2) is 5.45. The first-order chi connectivity index (χ1) is 9.35. The lowest BCUT2D eigenvalue weighted by Crippen LogP contribution is -2.30. The van der Waals surface area contributed by atoms with Crippen LogP contribution in [0.1, 0.15) is 16.8 Å². The minimum Gasteiger partial charge on any atom is -0.555 e. The second-order valence-corrected chi connectivity index (χ2v) is 4.91. The predicted octanol–water partition coefficient (Wildman–Crippen LogP) is 1.57. The molecule has 1 aliphatic heterocycles. The van der Waals surface area contributed by atoms with E-state index in [4.69, 9.17) is 4.65 Å². The molecule has 0 atom stereocenters. The molecule has 0 radical (unpaired) electrons. The van der Waals surface area contributed by atoms with Gasteiger partial charge in [0.05, 0.1) is 5.69 Å².